The number of phenolic OH excluding ortho intramolecular Hbond substituents is 1. The van der Waals surface area contributed by atoms with Crippen LogP contribution in [0.4, 0.5) is 0 Å². The van der Waals surface area contributed by atoms with Crippen molar-refractivity contribution in [1.29, 1.82) is 0 Å². The lowest BCUT2D eigenvalue weighted by Gasteiger charge is -2.17. The van der Waals surface area contributed by atoms with Crippen molar-refractivity contribution in [2.24, 2.45) is 0 Å². The van der Waals surface area contributed by atoms with Gasteiger partial charge in [-0.05, 0) is 11.6 Å². The normalized spacial score (nSPS) is 10.7. The molecule has 0 fully saturated rings. The van der Waals surface area contributed by atoms with Gasteiger partial charge in [-0.3, -0.25) is 9.59 Å². The summed E-state index contributed by atoms with van der Waals surface area (Å²) in [6.07, 6.45) is 0.334. The molecule has 3 nitrogen and oxygen atoms in total. The molecule has 0 aliphatic heterocycles. The molecule has 130 valence electrons. The second-order valence-corrected chi connectivity index (χ2v) is 6.24. The molecule has 0 unspecified atom stereocenters. The van der Waals surface area contributed by atoms with Crippen LogP contribution < -0.4 is 0 Å². The summed E-state index contributed by atoms with van der Waals surface area (Å²) in [6.45, 7) is 0. The molecule has 0 saturated carbocycles. The lowest BCUT2D eigenvalue weighted by Crippen LogP contribution is -2.13. The fourth-order valence-electron chi connectivity index (χ4n) is 3.06. The van der Waals surface area contributed by atoms with E-state index in [9.17, 15) is 14.7 Å². The predicted octanol–water partition coefficient (Wildman–Crippen LogP) is 5.02. The van der Waals surface area contributed by atoms with E-state index in [0.29, 0.717) is 16.7 Å². The highest BCUT2D eigenvalue weighted by Gasteiger charge is 2.23. The number of carbonyl (C=O) groups excluding carboxylic acids is 2. The van der Waals surface area contributed by atoms with Gasteiger partial charge in [0.2, 0.25) is 0 Å². The first-order valence-corrected chi connectivity index (χ1v) is 8.59. The Kier molecular flexibility index (Phi) is 5.59. The molecular formula is C23H20O3. The summed E-state index contributed by atoms with van der Waals surface area (Å²) >= 11 is 0. The Labute approximate surface area is 152 Å². The van der Waals surface area contributed by atoms with E-state index in [4.69, 9.17) is 0 Å². The van der Waals surface area contributed by atoms with E-state index >= 15 is 0 Å². The number of benzene rings is 3. The number of carbonyl (C=O) groups is 2. The van der Waals surface area contributed by atoms with Crippen molar-refractivity contribution < 1.29 is 14.7 Å². The summed E-state index contributed by atoms with van der Waals surface area (Å²) in [5.74, 6) is -0.352. The monoisotopic (exact) mass is 344 g/mol. The molecule has 0 spiro atoms. The third-order valence-electron chi connectivity index (χ3n) is 4.43. The number of ketones is 2. The molecule has 0 aliphatic rings. The first kappa shape index (κ1) is 17.6. The molecule has 0 saturated heterocycles. The Balaban J connectivity index is 1.86. The Morgan fingerprint density at radius 3 is 1.54 bits per heavy atom. The Hall–Kier alpha value is -3.20. The minimum atomic E-state index is -0.378. The van der Waals surface area contributed by atoms with Crippen molar-refractivity contribution in [1.82, 2.24) is 0 Å². The molecule has 3 heteroatoms. The molecule has 26 heavy (non-hydrogen) atoms. The zero-order chi connectivity index (χ0) is 18.4. The number of rotatable bonds is 7. The average molecular weight is 344 g/mol. The lowest BCUT2D eigenvalue weighted by atomic mass is 9.86. The van der Waals surface area contributed by atoms with Gasteiger partial charge in [0, 0.05) is 29.9 Å². The van der Waals surface area contributed by atoms with Crippen molar-refractivity contribution in [2.45, 2.75) is 18.8 Å². The summed E-state index contributed by atoms with van der Waals surface area (Å²) in [4.78, 5) is 25.3. The molecule has 0 aromatic heterocycles. The molecule has 0 atom stereocenters. The van der Waals surface area contributed by atoms with Gasteiger partial charge in [0.1, 0.15) is 5.75 Å². The van der Waals surface area contributed by atoms with Crippen LogP contribution in [0.5, 0.6) is 5.75 Å². The van der Waals surface area contributed by atoms with Crippen LogP contribution >= 0.6 is 0 Å². The van der Waals surface area contributed by atoms with E-state index in [1.807, 2.05) is 42.5 Å². The maximum atomic E-state index is 12.7. The number of phenols is 1. The van der Waals surface area contributed by atoms with Gasteiger partial charge in [0.15, 0.2) is 11.6 Å². The smallest absolute Gasteiger partial charge is 0.163 e. The second kappa shape index (κ2) is 8.26. The standard InChI is InChI=1S/C23H20O3/c24-21-14-8-7-13-20(21)19(15-22(25)17-9-3-1-4-10-17)16-23(26)18-11-5-2-6-12-18/h1-14,19,24H,15-16H2. The van der Waals surface area contributed by atoms with Crippen molar-refractivity contribution in [3.8, 4) is 5.75 Å². The van der Waals surface area contributed by atoms with Gasteiger partial charge >= 0.3 is 0 Å². The highest BCUT2D eigenvalue weighted by atomic mass is 16.3. The quantitative estimate of drug-likeness (QED) is 0.612. The Morgan fingerprint density at radius 1 is 0.654 bits per heavy atom. The zero-order valence-corrected chi connectivity index (χ0v) is 14.3. The predicted molar refractivity (Wildman–Crippen MR) is 102 cm³/mol. The molecule has 0 heterocycles. The fourth-order valence-corrected chi connectivity index (χ4v) is 3.06. The average Bonchev–Trinajstić information content (AvgIpc) is 2.69. The van der Waals surface area contributed by atoms with Crippen LogP contribution in [0.15, 0.2) is 84.9 Å². The molecule has 0 radical (unpaired) electrons. The number of para-hydroxylation sites is 1. The van der Waals surface area contributed by atoms with Gasteiger partial charge in [-0.25, -0.2) is 0 Å². The van der Waals surface area contributed by atoms with Crippen molar-refractivity contribution in [3.05, 3.63) is 102 Å². The van der Waals surface area contributed by atoms with E-state index in [1.54, 1.807) is 42.5 Å². The van der Waals surface area contributed by atoms with Crippen LogP contribution in [-0.2, 0) is 0 Å². The number of Topliss-reactive ketones (excluding diaryl/α,β-unsaturated/α-hetero) is 2. The minimum absolute atomic E-state index is 0.0419. The number of aromatic hydroxyl groups is 1. The largest absolute Gasteiger partial charge is 0.508 e. The van der Waals surface area contributed by atoms with E-state index in [-0.39, 0.29) is 36.1 Å². The summed E-state index contributed by atoms with van der Waals surface area (Å²) in [5, 5.41) is 10.2. The molecule has 1 N–H and O–H groups in total. The summed E-state index contributed by atoms with van der Waals surface area (Å²) < 4.78 is 0. The summed E-state index contributed by atoms with van der Waals surface area (Å²) in [5.41, 5.74) is 1.85. The van der Waals surface area contributed by atoms with E-state index in [1.165, 1.54) is 0 Å². The van der Waals surface area contributed by atoms with E-state index in [2.05, 4.69) is 0 Å². The van der Waals surface area contributed by atoms with E-state index in [0.717, 1.165) is 0 Å². The highest BCUT2D eigenvalue weighted by molar-refractivity contribution is 5.99. The van der Waals surface area contributed by atoms with Gasteiger partial charge < -0.3 is 5.11 Å². The van der Waals surface area contributed by atoms with Gasteiger partial charge in [-0.15, -0.1) is 0 Å². The van der Waals surface area contributed by atoms with Gasteiger partial charge in [-0.1, -0.05) is 78.9 Å². The lowest BCUT2D eigenvalue weighted by molar-refractivity contribution is 0.0944. The van der Waals surface area contributed by atoms with Crippen molar-refractivity contribution in [3.63, 3.8) is 0 Å². The van der Waals surface area contributed by atoms with Gasteiger partial charge in [0.05, 0.1) is 0 Å². The van der Waals surface area contributed by atoms with Crippen LogP contribution in [0.2, 0.25) is 0 Å². The third-order valence-corrected chi connectivity index (χ3v) is 4.43. The highest BCUT2D eigenvalue weighted by Crippen LogP contribution is 2.32. The van der Waals surface area contributed by atoms with E-state index < -0.39 is 0 Å². The second-order valence-electron chi connectivity index (χ2n) is 6.24. The first-order valence-electron chi connectivity index (χ1n) is 8.59. The topological polar surface area (TPSA) is 54.4 Å². The summed E-state index contributed by atoms with van der Waals surface area (Å²) in [6, 6.07) is 24.9. The first-order chi connectivity index (χ1) is 12.6. The maximum Gasteiger partial charge on any atom is 0.163 e. The van der Waals surface area contributed by atoms with Crippen LogP contribution in [-0.4, -0.2) is 16.7 Å². The molecule has 0 aliphatic carbocycles. The minimum Gasteiger partial charge on any atom is -0.508 e. The molecule has 0 bridgehead atoms. The van der Waals surface area contributed by atoms with Crippen LogP contribution in [0.25, 0.3) is 0 Å². The van der Waals surface area contributed by atoms with Gasteiger partial charge in [0.25, 0.3) is 0 Å². The Morgan fingerprint density at radius 2 is 1.08 bits per heavy atom. The molecule has 3 aromatic rings. The third kappa shape index (κ3) is 4.25. The van der Waals surface area contributed by atoms with Crippen LogP contribution in [0.1, 0.15) is 45.0 Å². The molecule has 0 amide bonds. The fraction of sp³-hybridized carbons (Fsp3) is 0.130. The molecule has 3 aromatic carbocycles. The molecular weight excluding hydrogens is 324 g/mol. The van der Waals surface area contributed by atoms with Crippen LogP contribution in [0, 0.1) is 0 Å². The van der Waals surface area contributed by atoms with Crippen molar-refractivity contribution >= 4 is 11.6 Å². The number of hydrogen-bond acceptors (Lipinski definition) is 3. The van der Waals surface area contributed by atoms with Crippen LogP contribution in [0.3, 0.4) is 0 Å². The Bertz CT molecular complexity index is 832. The van der Waals surface area contributed by atoms with Gasteiger partial charge in [-0.2, -0.15) is 0 Å². The summed E-state index contributed by atoms with van der Waals surface area (Å²) in [7, 11) is 0. The zero-order valence-electron chi connectivity index (χ0n) is 14.3. The SMILES string of the molecule is O=C(CC(CC(=O)c1ccccc1)c1ccccc1O)c1ccccc1. The van der Waals surface area contributed by atoms with Crippen molar-refractivity contribution in [2.75, 3.05) is 0 Å². The number of hydrogen-bond donors (Lipinski definition) is 1. The maximum absolute atomic E-state index is 12.7. The molecule has 3 rings (SSSR count).